The Labute approximate surface area is 76.3 Å². The fourth-order valence-corrected chi connectivity index (χ4v) is 0.641. The molecule has 0 amide bonds. The molecule has 0 radical (unpaired) electrons. The number of ether oxygens (including phenoxy) is 1. The Bertz CT molecular complexity index is 302. The second-order valence-electron chi connectivity index (χ2n) is 2.22. The minimum atomic E-state index is -4.84. The van der Waals surface area contributed by atoms with Crippen molar-refractivity contribution in [3.05, 3.63) is 12.1 Å². The van der Waals surface area contributed by atoms with Gasteiger partial charge in [0.2, 0.25) is 5.88 Å². The van der Waals surface area contributed by atoms with Crippen LogP contribution in [0.25, 0.3) is 0 Å². The first-order valence-corrected chi connectivity index (χ1v) is 3.34. The van der Waals surface area contributed by atoms with Crippen molar-refractivity contribution in [3.63, 3.8) is 0 Å². The Morgan fingerprint density at radius 3 is 2.21 bits per heavy atom. The number of aromatic nitrogens is 2. The van der Waals surface area contributed by atoms with E-state index in [1.807, 2.05) is 0 Å². The molecule has 0 aliphatic carbocycles. The zero-order valence-corrected chi connectivity index (χ0v) is 6.56. The average molecular weight is 208 g/mol. The van der Waals surface area contributed by atoms with Crippen LogP contribution in [0.5, 0.6) is 5.88 Å². The van der Waals surface area contributed by atoms with Gasteiger partial charge in [-0.3, -0.25) is 0 Å². The van der Waals surface area contributed by atoms with Crippen LogP contribution < -0.4 is 10.3 Å². The van der Waals surface area contributed by atoms with Crippen molar-refractivity contribution in [2.75, 3.05) is 0 Å². The van der Waals surface area contributed by atoms with Crippen molar-refractivity contribution >= 4 is 12.7 Å². The van der Waals surface area contributed by atoms with E-state index in [4.69, 9.17) is 10.0 Å². The van der Waals surface area contributed by atoms with Crippen LogP contribution >= 0.6 is 0 Å². The van der Waals surface area contributed by atoms with Crippen molar-refractivity contribution in [2.24, 2.45) is 0 Å². The van der Waals surface area contributed by atoms with Crippen molar-refractivity contribution in [1.82, 2.24) is 10.2 Å². The van der Waals surface area contributed by atoms with Gasteiger partial charge in [-0.2, -0.15) is 5.10 Å². The summed E-state index contributed by atoms with van der Waals surface area (Å²) in [7, 11) is -1.87. The zero-order valence-electron chi connectivity index (χ0n) is 6.56. The van der Waals surface area contributed by atoms with Crippen molar-refractivity contribution in [3.8, 4) is 5.88 Å². The summed E-state index contributed by atoms with van der Waals surface area (Å²) in [5, 5.41) is 23.1. The first-order chi connectivity index (χ1) is 6.38. The largest absolute Gasteiger partial charge is 0.574 e. The molecule has 14 heavy (non-hydrogen) atoms. The fraction of sp³-hybridized carbons (Fsp3) is 0.200. The van der Waals surface area contributed by atoms with Gasteiger partial charge < -0.3 is 14.8 Å². The summed E-state index contributed by atoms with van der Waals surface area (Å²) in [6.45, 7) is 0. The lowest BCUT2D eigenvalue weighted by molar-refractivity contribution is -0.276. The highest BCUT2D eigenvalue weighted by molar-refractivity contribution is 6.57. The molecule has 76 valence electrons. The normalized spacial score (nSPS) is 11.2. The van der Waals surface area contributed by atoms with Crippen LogP contribution in [0.3, 0.4) is 0 Å². The summed E-state index contributed by atoms with van der Waals surface area (Å²) in [5.74, 6) is -0.762. The highest BCUT2D eigenvalue weighted by atomic mass is 19.4. The zero-order chi connectivity index (χ0) is 10.8. The van der Waals surface area contributed by atoms with Crippen LogP contribution in [0, 0.1) is 0 Å². The molecular weight excluding hydrogens is 204 g/mol. The van der Waals surface area contributed by atoms with E-state index >= 15 is 0 Å². The van der Waals surface area contributed by atoms with Gasteiger partial charge in [-0.15, -0.1) is 18.3 Å². The SMILES string of the molecule is OB(O)c1ccc(OC(F)(F)F)nn1. The van der Waals surface area contributed by atoms with Crippen LogP contribution in [-0.4, -0.2) is 33.7 Å². The second-order valence-corrected chi connectivity index (χ2v) is 2.22. The first kappa shape index (κ1) is 10.7. The molecule has 1 aromatic heterocycles. The van der Waals surface area contributed by atoms with Crippen molar-refractivity contribution < 1.29 is 28.0 Å². The van der Waals surface area contributed by atoms with Gasteiger partial charge in [-0.1, -0.05) is 0 Å². The van der Waals surface area contributed by atoms with E-state index in [0.717, 1.165) is 12.1 Å². The fourth-order valence-electron chi connectivity index (χ4n) is 0.641. The molecule has 1 aromatic rings. The lowest BCUT2D eigenvalue weighted by Gasteiger charge is -2.06. The molecule has 0 unspecified atom stereocenters. The van der Waals surface area contributed by atoms with E-state index in [9.17, 15) is 13.2 Å². The van der Waals surface area contributed by atoms with Gasteiger partial charge in [-0.25, -0.2) is 0 Å². The lowest BCUT2D eigenvalue weighted by Crippen LogP contribution is -2.33. The standard InChI is InChI=1S/C5H4BF3N2O3/c7-5(8,9)14-4-2-1-3(6(12)13)10-11-4/h1-2,12-13H. The molecule has 0 saturated heterocycles. The van der Waals surface area contributed by atoms with Gasteiger partial charge in [0.25, 0.3) is 0 Å². The second kappa shape index (κ2) is 3.80. The Kier molecular flexibility index (Phi) is 2.92. The average Bonchev–Trinajstić information content (AvgIpc) is 2.02. The van der Waals surface area contributed by atoms with E-state index in [2.05, 4.69) is 14.9 Å². The van der Waals surface area contributed by atoms with E-state index in [0.29, 0.717) is 0 Å². The summed E-state index contributed by atoms with van der Waals surface area (Å²) in [4.78, 5) is 0. The predicted molar refractivity (Wildman–Crippen MR) is 38.5 cm³/mol. The van der Waals surface area contributed by atoms with E-state index < -0.39 is 19.4 Å². The van der Waals surface area contributed by atoms with E-state index in [-0.39, 0.29) is 5.59 Å². The number of rotatable bonds is 2. The third kappa shape index (κ3) is 3.19. The number of alkyl halides is 3. The highest BCUT2D eigenvalue weighted by Gasteiger charge is 2.32. The Hall–Kier alpha value is -1.35. The first-order valence-electron chi connectivity index (χ1n) is 3.34. The summed E-state index contributed by atoms with van der Waals surface area (Å²) >= 11 is 0. The van der Waals surface area contributed by atoms with Gasteiger partial charge in [0.15, 0.2) is 0 Å². The summed E-state index contributed by atoms with van der Waals surface area (Å²) in [6.07, 6.45) is -4.84. The molecule has 1 rings (SSSR count). The van der Waals surface area contributed by atoms with Gasteiger partial charge >= 0.3 is 13.5 Å². The molecule has 0 aliphatic heterocycles. The summed E-state index contributed by atoms with van der Waals surface area (Å²) < 4.78 is 38.2. The lowest BCUT2D eigenvalue weighted by atomic mass is 9.86. The monoisotopic (exact) mass is 208 g/mol. The van der Waals surface area contributed by atoms with Crippen LogP contribution in [0.1, 0.15) is 0 Å². The molecule has 0 saturated carbocycles. The summed E-state index contributed by atoms with van der Waals surface area (Å²) in [6, 6.07) is 1.79. The molecule has 0 atom stereocenters. The topological polar surface area (TPSA) is 75.5 Å². The molecule has 0 aliphatic rings. The maximum Gasteiger partial charge on any atom is 0.574 e. The molecular formula is C5H4BF3N2O3. The molecule has 1 heterocycles. The van der Waals surface area contributed by atoms with Crippen molar-refractivity contribution in [1.29, 1.82) is 0 Å². The molecule has 0 spiro atoms. The molecule has 0 fully saturated rings. The molecule has 0 bridgehead atoms. The van der Waals surface area contributed by atoms with Crippen LogP contribution in [0.15, 0.2) is 12.1 Å². The Morgan fingerprint density at radius 2 is 1.86 bits per heavy atom. The van der Waals surface area contributed by atoms with E-state index in [1.54, 1.807) is 0 Å². The summed E-state index contributed by atoms with van der Waals surface area (Å²) in [5.41, 5.74) is -0.264. The molecule has 2 N–H and O–H groups in total. The Morgan fingerprint density at radius 1 is 1.21 bits per heavy atom. The number of halogens is 3. The number of nitrogens with zero attached hydrogens (tertiary/aromatic N) is 2. The third-order valence-electron chi connectivity index (χ3n) is 1.15. The van der Waals surface area contributed by atoms with Gasteiger partial charge in [0, 0.05) is 6.07 Å². The molecule has 9 heteroatoms. The smallest absolute Gasteiger partial charge is 0.422 e. The third-order valence-corrected chi connectivity index (χ3v) is 1.15. The minimum absolute atomic E-state index is 0.264. The minimum Gasteiger partial charge on any atom is -0.422 e. The predicted octanol–water partition coefficient (Wildman–Crippen LogP) is -0.945. The van der Waals surface area contributed by atoms with Crippen molar-refractivity contribution in [2.45, 2.75) is 6.36 Å². The number of hydrogen-bond donors (Lipinski definition) is 2. The van der Waals surface area contributed by atoms with Gasteiger partial charge in [0.05, 0.1) is 5.59 Å². The number of hydrogen-bond acceptors (Lipinski definition) is 5. The maximum atomic E-state index is 11.6. The van der Waals surface area contributed by atoms with Gasteiger partial charge in [-0.05, 0) is 6.07 Å². The molecule has 5 nitrogen and oxygen atoms in total. The van der Waals surface area contributed by atoms with Crippen LogP contribution in [0.4, 0.5) is 13.2 Å². The van der Waals surface area contributed by atoms with Gasteiger partial charge in [0.1, 0.15) is 0 Å². The highest BCUT2D eigenvalue weighted by Crippen LogP contribution is 2.18. The Balaban J connectivity index is 2.74. The van der Waals surface area contributed by atoms with Crippen LogP contribution in [-0.2, 0) is 0 Å². The van der Waals surface area contributed by atoms with Crippen LogP contribution in [0.2, 0.25) is 0 Å². The van der Waals surface area contributed by atoms with E-state index in [1.165, 1.54) is 0 Å². The molecule has 0 aromatic carbocycles. The maximum absolute atomic E-state index is 11.6. The quantitative estimate of drug-likeness (QED) is 0.613.